The monoisotopic (exact) mass is 651 g/mol. The molecule has 256 valence electrons. The first-order valence-electron chi connectivity index (χ1n) is 19.3. The van der Waals surface area contributed by atoms with E-state index in [0.29, 0.717) is 6.54 Å². The van der Waals surface area contributed by atoms with E-state index in [2.05, 4.69) is 149 Å². The highest BCUT2D eigenvalue weighted by atomic mass is 16.1. The van der Waals surface area contributed by atoms with Gasteiger partial charge in [0.05, 0.1) is 25.8 Å². The van der Waals surface area contributed by atoms with Crippen LogP contribution in [0.15, 0.2) is 121 Å². The minimum atomic E-state index is -1.35. The summed E-state index contributed by atoms with van der Waals surface area (Å²) in [6.07, 6.45) is 8.87. The van der Waals surface area contributed by atoms with Crippen LogP contribution in [-0.2, 0) is 0 Å². The van der Waals surface area contributed by atoms with Crippen LogP contribution in [0.25, 0.3) is 21.9 Å². The standard InChI is InChI=1S/C46H58BNO/c1-5-9-33-47(39-24-15-13-16-25-39,40-26-17-14-18-27-40)44-30-22-21-29-42(44)46-41-28-20-19-23-38(41)31-32-43(46)45(49)37-48(34-10-6-2,35-11-7-3)36-12-8-4/h13-32H,5-12,33-37H2,1-4H3. The molecule has 0 N–H and O–H groups in total. The fraction of sp³-hybridized carbons (Fsp3) is 0.370. The fourth-order valence-corrected chi connectivity index (χ4v) is 8.51. The summed E-state index contributed by atoms with van der Waals surface area (Å²) in [5.74, 6) is 0.282. The summed E-state index contributed by atoms with van der Waals surface area (Å²) in [5.41, 5.74) is 7.23. The van der Waals surface area contributed by atoms with Crippen LogP contribution >= 0.6 is 0 Å². The van der Waals surface area contributed by atoms with Crippen molar-refractivity contribution in [1.82, 2.24) is 0 Å². The third kappa shape index (κ3) is 8.10. The van der Waals surface area contributed by atoms with Crippen LogP contribution in [0.5, 0.6) is 0 Å². The number of ketones is 1. The Morgan fingerprint density at radius 1 is 0.551 bits per heavy atom. The van der Waals surface area contributed by atoms with Crippen LogP contribution in [-0.4, -0.2) is 42.6 Å². The van der Waals surface area contributed by atoms with E-state index in [1.807, 2.05) is 0 Å². The van der Waals surface area contributed by atoms with Gasteiger partial charge in [0.15, 0.2) is 0 Å². The normalized spacial score (nSPS) is 12.0. The molecular weight excluding hydrogens is 593 g/mol. The maximum absolute atomic E-state index is 15.1. The smallest absolute Gasteiger partial charge is 0.217 e. The number of benzene rings is 5. The van der Waals surface area contributed by atoms with Gasteiger partial charge in [0.2, 0.25) is 5.78 Å². The first-order valence-corrected chi connectivity index (χ1v) is 19.3. The molecule has 0 saturated heterocycles. The summed E-state index contributed by atoms with van der Waals surface area (Å²) in [7, 11) is 0. The zero-order chi connectivity index (χ0) is 34.5. The molecule has 0 bridgehead atoms. The topological polar surface area (TPSA) is 17.1 Å². The predicted molar refractivity (Wildman–Crippen MR) is 215 cm³/mol. The van der Waals surface area contributed by atoms with Crippen molar-refractivity contribution < 1.29 is 9.28 Å². The van der Waals surface area contributed by atoms with E-state index >= 15 is 4.79 Å². The molecule has 2 nitrogen and oxygen atoms in total. The minimum absolute atomic E-state index is 0.282. The maximum Gasteiger partial charge on any atom is 0.217 e. The zero-order valence-corrected chi connectivity index (χ0v) is 30.7. The Balaban J connectivity index is 1.78. The Morgan fingerprint density at radius 2 is 1.06 bits per heavy atom. The number of hydrogen-bond acceptors (Lipinski definition) is 1. The second-order valence-corrected chi connectivity index (χ2v) is 14.5. The highest BCUT2D eigenvalue weighted by Crippen LogP contribution is 2.34. The van der Waals surface area contributed by atoms with Gasteiger partial charge in [-0.25, -0.2) is 0 Å². The molecular formula is C46H58BNO. The van der Waals surface area contributed by atoms with E-state index < -0.39 is 6.15 Å². The SMILES string of the molecule is CCCC[B-](c1ccccc1)(c1ccccc1)c1ccccc1-c1c(C(=O)C[N+](CCCC)(CCCC)CCCC)ccc2ccccc12. The van der Waals surface area contributed by atoms with Crippen molar-refractivity contribution in [2.75, 3.05) is 26.2 Å². The molecule has 0 aliphatic rings. The lowest BCUT2D eigenvalue weighted by Crippen LogP contribution is -2.67. The molecule has 5 rings (SSSR count). The minimum Gasteiger partial charge on any atom is -0.317 e. The van der Waals surface area contributed by atoms with Crippen molar-refractivity contribution in [1.29, 1.82) is 0 Å². The molecule has 0 amide bonds. The molecule has 5 aromatic carbocycles. The van der Waals surface area contributed by atoms with Crippen LogP contribution in [0.4, 0.5) is 0 Å². The quantitative estimate of drug-likeness (QED) is 0.0494. The number of carbonyl (C=O) groups excluding carboxylic acids is 1. The van der Waals surface area contributed by atoms with Gasteiger partial charge in [0.1, 0.15) is 6.54 Å². The maximum atomic E-state index is 15.1. The second-order valence-electron chi connectivity index (χ2n) is 14.5. The van der Waals surface area contributed by atoms with E-state index in [-0.39, 0.29) is 5.78 Å². The zero-order valence-electron chi connectivity index (χ0n) is 30.7. The van der Waals surface area contributed by atoms with E-state index in [9.17, 15) is 0 Å². The number of hydrogen-bond donors (Lipinski definition) is 0. The summed E-state index contributed by atoms with van der Waals surface area (Å²) in [6.45, 7) is 12.9. The number of fused-ring (bicyclic) bond motifs is 1. The van der Waals surface area contributed by atoms with Gasteiger partial charge in [0.25, 0.3) is 0 Å². The van der Waals surface area contributed by atoms with E-state index in [4.69, 9.17) is 0 Å². The molecule has 0 fully saturated rings. The molecule has 0 aromatic heterocycles. The molecule has 0 radical (unpaired) electrons. The summed E-state index contributed by atoms with van der Waals surface area (Å²) < 4.78 is 0.903. The highest BCUT2D eigenvalue weighted by Gasteiger charge is 2.34. The van der Waals surface area contributed by atoms with Gasteiger partial charge >= 0.3 is 0 Å². The molecule has 0 spiro atoms. The van der Waals surface area contributed by atoms with Crippen molar-refractivity contribution in [3.8, 4) is 11.1 Å². The predicted octanol–water partition coefficient (Wildman–Crippen LogP) is 10.2. The molecule has 3 heteroatoms. The summed E-state index contributed by atoms with van der Waals surface area (Å²) in [5, 5.41) is 2.34. The van der Waals surface area contributed by atoms with Crippen LogP contribution in [0.1, 0.15) is 89.4 Å². The van der Waals surface area contributed by atoms with E-state index in [1.54, 1.807) is 0 Å². The Morgan fingerprint density at radius 3 is 1.63 bits per heavy atom. The first kappa shape index (κ1) is 36.3. The Kier molecular flexibility index (Phi) is 13.1. The lowest BCUT2D eigenvalue weighted by Gasteiger charge is -2.45. The lowest BCUT2D eigenvalue weighted by molar-refractivity contribution is -0.921. The van der Waals surface area contributed by atoms with E-state index in [0.717, 1.165) is 98.3 Å². The van der Waals surface area contributed by atoms with Gasteiger partial charge in [-0.2, -0.15) is 22.7 Å². The van der Waals surface area contributed by atoms with Crippen LogP contribution in [0.2, 0.25) is 6.32 Å². The number of unbranched alkanes of at least 4 members (excludes halogenated alkanes) is 4. The second kappa shape index (κ2) is 17.6. The van der Waals surface area contributed by atoms with Crippen LogP contribution in [0, 0.1) is 0 Å². The van der Waals surface area contributed by atoms with Gasteiger partial charge in [0, 0.05) is 5.56 Å². The lowest BCUT2D eigenvalue weighted by atomic mass is 9.13. The van der Waals surface area contributed by atoms with Gasteiger partial charge in [-0.05, 0) is 41.7 Å². The highest BCUT2D eigenvalue weighted by molar-refractivity contribution is 7.12. The molecule has 0 atom stereocenters. The Hall–Kier alpha value is -3.95. The fourth-order valence-electron chi connectivity index (χ4n) is 8.51. The van der Waals surface area contributed by atoms with Gasteiger partial charge in [-0.15, -0.1) is 0 Å². The van der Waals surface area contributed by atoms with Gasteiger partial charge in [-0.3, -0.25) is 4.79 Å². The van der Waals surface area contributed by atoms with E-state index in [1.165, 1.54) is 27.3 Å². The number of nitrogens with zero attached hydrogens (tertiary/aromatic N) is 1. The molecule has 0 aliphatic heterocycles. The largest absolute Gasteiger partial charge is 0.317 e. The molecule has 5 aromatic rings. The Bertz CT molecular complexity index is 1700. The average Bonchev–Trinajstić information content (AvgIpc) is 3.16. The van der Waals surface area contributed by atoms with Crippen molar-refractivity contribution >= 4 is 39.1 Å². The third-order valence-electron chi connectivity index (χ3n) is 11.2. The summed E-state index contributed by atoms with van der Waals surface area (Å²) in [4.78, 5) is 15.1. The third-order valence-corrected chi connectivity index (χ3v) is 11.2. The van der Waals surface area contributed by atoms with Crippen molar-refractivity contribution in [3.63, 3.8) is 0 Å². The van der Waals surface area contributed by atoms with Gasteiger partial charge in [-0.1, -0.05) is 181 Å². The molecule has 49 heavy (non-hydrogen) atoms. The number of carbonyl (C=O) groups is 1. The molecule has 0 saturated carbocycles. The van der Waals surface area contributed by atoms with Crippen molar-refractivity contribution in [2.24, 2.45) is 0 Å². The average molecular weight is 652 g/mol. The number of Topliss-reactive ketones (excluding diaryl/α,β-unsaturated/α-hetero) is 1. The molecule has 0 unspecified atom stereocenters. The summed E-state index contributed by atoms with van der Waals surface area (Å²) >= 11 is 0. The van der Waals surface area contributed by atoms with Gasteiger partial charge < -0.3 is 4.48 Å². The van der Waals surface area contributed by atoms with Crippen LogP contribution < -0.4 is 16.4 Å². The van der Waals surface area contributed by atoms with Crippen LogP contribution in [0.3, 0.4) is 0 Å². The first-order chi connectivity index (χ1) is 24.0. The number of quaternary nitrogens is 1. The molecule has 0 heterocycles. The van der Waals surface area contributed by atoms with Crippen molar-refractivity contribution in [2.45, 2.75) is 85.4 Å². The van der Waals surface area contributed by atoms with Crippen molar-refractivity contribution in [3.05, 3.63) is 127 Å². The Labute approximate surface area is 297 Å². The number of rotatable bonds is 19. The summed E-state index contributed by atoms with van der Waals surface area (Å²) in [6, 6.07) is 44.4. The molecule has 0 aliphatic carbocycles.